The average Bonchev–Trinajstić information content (AvgIpc) is 2.18. The highest BCUT2D eigenvalue weighted by atomic mass is 16.6. The van der Waals surface area contributed by atoms with Crippen molar-refractivity contribution in [3.05, 3.63) is 0 Å². The minimum Gasteiger partial charge on any atom is -0.394 e. The van der Waals surface area contributed by atoms with Crippen molar-refractivity contribution in [3.63, 3.8) is 0 Å². The second-order valence-electron chi connectivity index (χ2n) is 3.82. The van der Waals surface area contributed by atoms with Gasteiger partial charge in [0, 0.05) is 12.8 Å². The van der Waals surface area contributed by atoms with Crippen LogP contribution in [0.25, 0.3) is 0 Å². The maximum atomic E-state index is 10.8. The predicted molar refractivity (Wildman–Crippen MR) is 50.7 cm³/mol. The van der Waals surface area contributed by atoms with Gasteiger partial charge in [0.15, 0.2) is 6.29 Å². The van der Waals surface area contributed by atoms with E-state index < -0.39 is 24.5 Å². The van der Waals surface area contributed by atoms with Crippen LogP contribution in [-0.4, -0.2) is 52.4 Å². The Labute approximate surface area is 87.9 Å². The normalized spacial score (nSPS) is 41.3. The summed E-state index contributed by atoms with van der Waals surface area (Å²) >= 11 is 0. The van der Waals surface area contributed by atoms with Gasteiger partial charge in [0.25, 0.3) is 0 Å². The Hall–Kier alpha value is -0.690. The molecular weight excluding hydrogens is 202 g/mol. The number of carbonyl (C=O) groups is 1. The molecule has 1 aliphatic rings. The van der Waals surface area contributed by atoms with Gasteiger partial charge < -0.3 is 25.4 Å². The van der Waals surface area contributed by atoms with E-state index in [1.54, 1.807) is 6.92 Å². The SMILES string of the molecule is CC(=O)NC1C(O)OC(CO)[C@@H](C)[C@@H]1O. The molecule has 3 unspecified atom stereocenters. The molecule has 1 amide bonds. The van der Waals surface area contributed by atoms with E-state index in [0.717, 1.165) is 0 Å². The van der Waals surface area contributed by atoms with Crippen LogP contribution in [-0.2, 0) is 9.53 Å². The molecular formula is C9H17NO5. The molecule has 0 radical (unpaired) electrons. The third kappa shape index (κ3) is 2.66. The molecule has 1 aliphatic heterocycles. The van der Waals surface area contributed by atoms with Gasteiger partial charge in [0.2, 0.25) is 5.91 Å². The fraction of sp³-hybridized carbons (Fsp3) is 0.889. The summed E-state index contributed by atoms with van der Waals surface area (Å²) in [5.41, 5.74) is 0. The summed E-state index contributed by atoms with van der Waals surface area (Å²) < 4.78 is 5.06. The maximum Gasteiger partial charge on any atom is 0.217 e. The Morgan fingerprint density at radius 1 is 1.47 bits per heavy atom. The van der Waals surface area contributed by atoms with Crippen LogP contribution in [0.5, 0.6) is 0 Å². The van der Waals surface area contributed by atoms with Crippen LogP contribution in [0, 0.1) is 5.92 Å². The first kappa shape index (κ1) is 12.4. The van der Waals surface area contributed by atoms with Gasteiger partial charge in [-0.1, -0.05) is 6.92 Å². The molecule has 6 heteroatoms. The third-order valence-electron chi connectivity index (χ3n) is 2.66. The number of carbonyl (C=O) groups excluding carboxylic acids is 1. The van der Waals surface area contributed by atoms with Crippen molar-refractivity contribution in [1.82, 2.24) is 5.32 Å². The first-order valence-electron chi connectivity index (χ1n) is 4.87. The van der Waals surface area contributed by atoms with E-state index in [1.807, 2.05) is 0 Å². The monoisotopic (exact) mass is 219 g/mol. The second kappa shape index (κ2) is 4.89. The van der Waals surface area contributed by atoms with Crippen LogP contribution in [0.2, 0.25) is 0 Å². The maximum absolute atomic E-state index is 10.8. The quantitative estimate of drug-likeness (QED) is 0.439. The lowest BCUT2D eigenvalue weighted by atomic mass is 9.89. The smallest absolute Gasteiger partial charge is 0.217 e. The molecule has 0 aliphatic carbocycles. The van der Waals surface area contributed by atoms with Gasteiger partial charge in [-0.05, 0) is 0 Å². The first-order valence-corrected chi connectivity index (χ1v) is 4.87. The van der Waals surface area contributed by atoms with Gasteiger partial charge in [0.05, 0.1) is 18.8 Å². The predicted octanol–water partition coefficient (Wildman–Crippen LogP) is -1.80. The number of nitrogens with one attached hydrogen (secondary N) is 1. The van der Waals surface area contributed by atoms with Crippen LogP contribution in [0.1, 0.15) is 13.8 Å². The minimum absolute atomic E-state index is 0.276. The number of ether oxygens (including phenoxy) is 1. The molecule has 0 saturated carbocycles. The Balaban J connectivity index is 2.70. The molecule has 0 bridgehead atoms. The number of hydrogen-bond acceptors (Lipinski definition) is 5. The Morgan fingerprint density at radius 2 is 2.07 bits per heavy atom. The highest BCUT2D eigenvalue weighted by Gasteiger charge is 2.42. The Bertz CT molecular complexity index is 235. The number of hydrogen-bond donors (Lipinski definition) is 4. The Morgan fingerprint density at radius 3 is 2.53 bits per heavy atom. The summed E-state index contributed by atoms with van der Waals surface area (Å²) in [5.74, 6) is -0.702. The molecule has 6 nitrogen and oxygen atoms in total. The topological polar surface area (TPSA) is 99.0 Å². The lowest BCUT2D eigenvalue weighted by molar-refractivity contribution is -0.235. The molecule has 1 fully saturated rings. The van der Waals surface area contributed by atoms with E-state index >= 15 is 0 Å². The molecule has 1 heterocycles. The molecule has 15 heavy (non-hydrogen) atoms. The molecule has 1 rings (SSSR count). The average molecular weight is 219 g/mol. The first-order chi connectivity index (χ1) is 6.97. The van der Waals surface area contributed by atoms with E-state index in [0.29, 0.717) is 0 Å². The lowest BCUT2D eigenvalue weighted by Gasteiger charge is -2.41. The largest absolute Gasteiger partial charge is 0.394 e. The fourth-order valence-electron chi connectivity index (χ4n) is 1.70. The van der Waals surface area contributed by atoms with Crippen molar-refractivity contribution >= 4 is 5.91 Å². The zero-order valence-electron chi connectivity index (χ0n) is 8.75. The van der Waals surface area contributed by atoms with Crippen molar-refractivity contribution in [3.8, 4) is 0 Å². The number of aliphatic hydroxyl groups is 3. The van der Waals surface area contributed by atoms with E-state index in [9.17, 15) is 15.0 Å². The zero-order chi connectivity index (χ0) is 11.6. The van der Waals surface area contributed by atoms with Gasteiger partial charge in [-0.2, -0.15) is 0 Å². The lowest BCUT2D eigenvalue weighted by Crippen LogP contribution is -2.60. The standard InChI is InChI=1S/C9H17NO5/c1-4-6(3-11)15-9(14)7(8(4)13)10-5(2)12/h4,6-9,11,13-14H,3H2,1-2H3,(H,10,12)/t4-,6?,7?,8+,9?/m1/s1. The van der Waals surface area contributed by atoms with Gasteiger partial charge in [-0.25, -0.2) is 0 Å². The van der Waals surface area contributed by atoms with E-state index in [-0.39, 0.29) is 18.4 Å². The molecule has 88 valence electrons. The highest BCUT2D eigenvalue weighted by molar-refractivity contribution is 5.73. The van der Waals surface area contributed by atoms with Crippen molar-refractivity contribution in [2.45, 2.75) is 38.4 Å². The van der Waals surface area contributed by atoms with E-state index in [2.05, 4.69) is 5.32 Å². The second-order valence-corrected chi connectivity index (χ2v) is 3.82. The van der Waals surface area contributed by atoms with Crippen LogP contribution >= 0.6 is 0 Å². The summed E-state index contributed by atoms with van der Waals surface area (Å²) in [6, 6.07) is -0.847. The van der Waals surface area contributed by atoms with Crippen molar-refractivity contribution < 1.29 is 24.9 Å². The number of rotatable bonds is 2. The molecule has 0 aromatic carbocycles. The summed E-state index contributed by atoms with van der Waals surface area (Å²) in [6.45, 7) is 2.70. The van der Waals surface area contributed by atoms with Crippen molar-refractivity contribution in [2.75, 3.05) is 6.61 Å². The summed E-state index contributed by atoms with van der Waals surface area (Å²) in [6.07, 6.45) is -2.84. The third-order valence-corrected chi connectivity index (χ3v) is 2.66. The zero-order valence-corrected chi connectivity index (χ0v) is 8.75. The summed E-state index contributed by atoms with van der Waals surface area (Å²) in [4.78, 5) is 10.8. The van der Waals surface area contributed by atoms with Crippen molar-refractivity contribution in [2.24, 2.45) is 5.92 Å². The van der Waals surface area contributed by atoms with E-state index in [4.69, 9.17) is 9.84 Å². The minimum atomic E-state index is -1.29. The van der Waals surface area contributed by atoms with Crippen molar-refractivity contribution in [1.29, 1.82) is 0 Å². The van der Waals surface area contributed by atoms with E-state index in [1.165, 1.54) is 6.92 Å². The molecule has 0 spiro atoms. The summed E-state index contributed by atoms with van der Waals surface area (Å²) in [7, 11) is 0. The summed E-state index contributed by atoms with van der Waals surface area (Å²) in [5, 5.41) is 30.6. The van der Waals surface area contributed by atoms with Gasteiger partial charge in [-0.15, -0.1) is 0 Å². The molecule has 0 aromatic rings. The number of aliphatic hydroxyl groups excluding tert-OH is 3. The van der Waals surface area contributed by atoms with Crippen LogP contribution in [0.3, 0.4) is 0 Å². The van der Waals surface area contributed by atoms with Gasteiger partial charge in [-0.3, -0.25) is 4.79 Å². The molecule has 1 saturated heterocycles. The molecule has 5 atom stereocenters. The fourth-order valence-corrected chi connectivity index (χ4v) is 1.70. The van der Waals surface area contributed by atoms with Gasteiger partial charge >= 0.3 is 0 Å². The number of amides is 1. The molecule has 0 aromatic heterocycles. The Kier molecular flexibility index (Phi) is 4.04. The molecule has 4 N–H and O–H groups in total. The van der Waals surface area contributed by atoms with Crippen LogP contribution in [0.15, 0.2) is 0 Å². The van der Waals surface area contributed by atoms with Crippen LogP contribution < -0.4 is 5.32 Å². The van der Waals surface area contributed by atoms with Gasteiger partial charge in [0.1, 0.15) is 6.04 Å². The van der Waals surface area contributed by atoms with Crippen LogP contribution in [0.4, 0.5) is 0 Å². The highest BCUT2D eigenvalue weighted by Crippen LogP contribution is 2.24.